The molecule has 0 N–H and O–H groups in total. The Bertz CT molecular complexity index is 683. The smallest absolute Gasteiger partial charge is 0.191 e. The molecule has 1 aromatic carbocycles. The van der Waals surface area contributed by atoms with Crippen LogP contribution in [0.3, 0.4) is 0 Å². The summed E-state index contributed by atoms with van der Waals surface area (Å²) >= 11 is 7.72. The zero-order valence-corrected chi connectivity index (χ0v) is 15.5. The first-order valence-corrected chi connectivity index (χ1v) is 10.0. The average Bonchev–Trinajstić information content (AvgIpc) is 2.96. The summed E-state index contributed by atoms with van der Waals surface area (Å²) in [6, 6.07) is 4.54. The Kier molecular flexibility index (Phi) is 6.17. The fraction of sp³-hybridized carbons (Fsp3) is 0.556. The molecule has 0 atom stereocenters. The lowest BCUT2D eigenvalue weighted by molar-refractivity contribution is 0.347. The van der Waals surface area contributed by atoms with Crippen LogP contribution in [0.4, 0.5) is 4.39 Å². The normalized spacial score (nSPS) is 15.8. The highest BCUT2D eigenvalue weighted by atomic mass is 35.5. The Labute approximate surface area is 152 Å². The van der Waals surface area contributed by atoms with Crippen molar-refractivity contribution >= 4 is 23.4 Å². The molecule has 0 unspecified atom stereocenters. The molecule has 6 heteroatoms. The van der Waals surface area contributed by atoms with E-state index in [1.54, 1.807) is 17.8 Å². The molecule has 130 valence electrons. The molecule has 0 aliphatic heterocycles. The lowest BCUT2D eigenvalue weighted by Gasteiger charge is -2.21. The second kappa shape index (κ2) is 8.34. The minimum absolute atomic E-state index is 0.305. The number of nitrogens with zero attached hydrogens (tertiary/aromatic N) is 3. The van der Waals surface area contributed by atoms with E-state index in [1.807, 2.05) is 0 Å². The van der Waals surface area contributed by atoms with Crippen molar-refractivity contribution in [1.29, 1.82) is 0 Å². The van der Waals surface area contributed by atoms with Gasteiger partial charge in [-0.15, -0.1) is 10.2 Å². The zero-order valence-electron chi connectivity index (χ0n) is 14.0. The lowest BCUT2D eigenvalue weighted by atomic mass is 9.87. The molecule has 1 heterocycles. The van der Waals surface area contributed by atoms with E-state index in [4.69, 9.17) is 11.6 Å². The lowest BCUT2D eigenvalue weighted by Crippen LogP contribution is -2.13. The Balaban J connectivity index is 1.67. The summed E-state index contributed by atoms with van der Waals surface area (Å²) in [5.74, 6) is 2.20. The second-order valence-electron chi connectivity index (χ2n) is 6.38. The highest BCUT2D eigenvalue weighted by Crippen LogP contribution is 2.29. The van der Waals surface area contributed by atoms with Gasteiger partial charge in [-0.3, -0.25) is 0 Å². The van der Waals surface area contributed by atoms with E-state index in [-0.39, 0.29) is 5.82 Å². The predicted octanol–water partition coefficient (Wildman–Crippen LogP) is 5.51. The van der Waals surface area contributed by atoms with Crippen molar-refractivity contribution in [2.45, 2.75) is 62.9 Å². The minimum Gasteiger partial charge on any atom is -0.306 e. The first-order chi connectivity index (χ1) is 11.7. The van der Waals surface area contributed by atoms with Gasteiger partial charge in [-0.1, -0.05) is 61.5 Å². The maximum atomic E-state index is 13.1. The Hall–Kier alpha value is -1.07. The van der Waals surface area contributed by atoms with Crippen molar-refractivity contribution in [3.05, 3.63) is 40.4 Å². The minimum atomic E-state index is -0.305. The number of benzene rings is 1. The van der Waals surface area contributed by atoms with Gasteiger partial charge in [0.25, 0.3) is 0 Å². The standard InChI is InChI=1S/C18H23ClFN3S/c1-2-23-17(10-13-6-4-3-5-7-13)21-22-18(23)24-12-14-8-9-15(20)11-16(14)19/h8-9,11,13H,2-7,10,12H2,1H3. The number of aromatic nitrogens is 3. The summed E-state index contributed by atoms with van der Waals surface area (Å²) in [5.41, 5.74) is 0.919. The van der Waals surface area contributed by atoms with Gasteiger partial charge in [0, 0.05) is 23.7 Å². The van der Waals surface area contributed by atoms with Crippen LogP contribution >= 0.6 is 23.4 Å². The molecule has 1 aliphatic rings. The van der Waals surface area contributed by atoms with Gasteiger partial charge in [-0.2, -0.15) is 0 Å². The number of halogens is 2. The van der Waals surface area contributed by atoms with Crippen LogP contribution in [0, 0.1) is 11.7 Å². The van der Waals surface area contributed by atoms with Crippen molar-refractivity contribution in [1.82, 2.24) is 14.8 Å². The summed E-state index contributed by atoms with van der Waals surface area (Å²) in [6.07, 6.45) is 7.70. The van der Waals surface area contributed by atoms with Crippen molar-refractivity contribution in [3.8, 4) is 0 Å². The first kappa shape index (κ1) is 17.7. The van der Waals surface area contributed by atoms with E-state index in [0.29, 0.717) is 10.8 Å². The fourth-order valence-electron chi connectivity index (χ4n) is 3.32. The largest absolute Gasteiger partial charge is 0.306 e. The highest BCUT2D eigenvalue weighted by Gasteiger charge is 2.19. The van der Waals surface area contributed by atoms with Gasteiger partial charge in [0.1, 0.15) is 11.6 Å². The van der Waals surface area contributed by atoms with Crippen molar-refractivity contribution < 1.29 is 4.39 Å². The maximum absolute atomic E-state index is 13.1. The summed E-state index contributed by atoms with van der Waals surface area (Å²) in [7, 11) is 0. The molecule has 0 saturated heterocycles. The van der Waals surface area contributed by atoms with Crippen LogP contribution in [0.25, 0.3) is 0 Å². The molecule has 1 saturated carbocycles. The fourth-order valence-corrected chi connectivity index (χ4v) is 4.66. The molecule has 3 rings (SSSR count). The van der Waals surface area contributed by atoms with Gasteiger partial charge in [-0.25, -0.2) is 4.39 Å². The van der Waals surface area contributed by atoms with Crippen LogP contribution in [-0.4, -0.2) is 14.8 Å². The van der Waals surface area contributed by atoms with Crippen molar-refractivity contribution in [3.63, 3.8) is 0 Å². The third-order valence-electron chi connectivity index (χ3n) is 4.68. The molecule has 0 amide bonds. The van der Waals surface area contributed by atoms with E-state index >= 15 is 0 Å². The van der Waals surface area contributed by atoms with Gasteiger partial charge in [0.15, 0.2) is 5.16 Å². The molecule has 0 bridgehead atoms. The maximum Gasteiger partial charge on any atom is 0.191 e. The molecular formula is C18H23ClFN3S. The quantitative estimate of drug-likeness (QED) is 0.631. The van der Waals surface area contributed by atoms with Gasteiger partial charge >= 0.3 is 0 Å². The summed E-state index contributed by atoms with van der Waals surface area (Å²) < 4.78 is 15.3. The predicted molar refractivity (Wildman–Crippen MR) is 96.9 cm³/mol. The van der Waals surface area contributed by atoms with Crippen LogP contribution < -0.4 is 0 Å². The summed E-state index contributed by atoms with van der Waals surface area (Å²) in [5, 5.41) is 10.2. The number of hydrogen-bond acceptors (Lipinski definition) is 3. The number of rotatable bonds is 6. The van der Waals surface area contributed by atoms with E-state index in [0.717, 1.165) is 35.4 Å². The molecule has 1 fully saturated rings. The van der Waals surface area contributed by atoms with Crippen molar-refractivity contribution in [2.75, 3.05) is 0 Å². The molecule has 24 heavy (non-hydrogen) atoms. The second-order valence-corrected chi connectivity index (χ2v) is 7.73. The monoisotopic (exact) mass is 367 g/mol. The van der Waals surface area contributed by atoms with Crippen LogP contribution in [0.5, 0.6) is 0 Å². The third kappa shape index (κ3) is 4.31. The van der Waals surface area contributed by atoms with Gasteiger partial charge < -0.3 is 4.57 Å². The molecular weight excluding hydrogens is 345 g/mol. The van der Waals surface area contributed by atoms with Crippen LogP contribution in [0.15, 0.2) is 23.4 Å². The van der Waals surface area contributed by atoms with Crippen LogP contribution in [0.1, 0.15) is 50.4 Å². The summed E-state index contributed by atoms with van der Waals surface area (Å²) in [6.45, 7) is 3.00. The first-order valence-electron chi connectivity index (χ1n) is 8.66. The molecule has 1 aromatic heterocycles. The number of hydrogen-bond donors (Lipinski definition) is 0. The van der Waals surface area contributed by atoms with Crippen molar-refractivity contribution in [2.24, 2.45) is 5.92 Å². The molecule has 0 spiro atoms. The SMILES string of the molecule is CCn1c(CC2CCCCC2)nnc1SCc1ccc(F)cc1Cl. The Morgan fingerprint density at radius 2 is 2.04 bits per heavy atom. The molecule has 0 radical (unpaired) electrons. The molecule has 1 aliphatic carbocycles. The van der Waals surface area contributed by atoms with E-state index < -0.39 is 0 Å². The molecule has 2 aromatic rings. The molecule has 3 nitrogen and oxygen atoms in total. The Morgan fingerprint density at radius 1 is 1.25 bits per heavy atom. The zero-order chi connectivity index (χ0) is 16.9. The highest BCUT2D eigenvalue weighted by molar-refractivity contribution is 7.98. The van der Waals surface area contributed by atoms with Gasteiger partial charge in [-0.05, 0) is 30.5 Å². The number of thioether (sulfide) groups is 1. The van der Waals surface area contributed by atoms with E-state index in [1.165, 1.54) is 44.2 Å². The van der Waals surface area contributed by atoms with E-state index in [9.17, 15) is 4.39 Å². The third-order valence-corrected chi connectivity index (χ3v) is 6.04. The van der Waals surface area contributed by atoms with Crippen LogP contribution in [-0.2, 0) is 18.7 Å². The van der Waals surface area contributed by atoms with Crippen LogP contribution in [0.2, 0.25) is 5.02 Å². The van der Waals surface area contributed by atoms with Gasteiger partial charge in [0.05, 0.1) is 0 Å². The van der Waals surface area contributed by atoms with Gasteiger partial charge in [0.2, 0.25) is 0 Å². The average molecular weight is 368 g/mol. The Morgan fingerprint density at radius 3 is 2.75 bits per heavy atom. The summed E-state index contributed by atoms with van der Waals surface area (Å²) in [4.78, 5) is 0. The van der Waals surface area contributed by atoms with E-state index in [2.05, 4.69) is 21.7 Å². The topological polar surface area (TPSA) is 30.7 Å².